The van der Waals surface area contributed by atoms with Gasteiger partial charge in [-0.05, 0) is 17.7 Å². The van der Waals surface area contributed by atoms with Gasteiger partial charge in [0.25, 0.3) is 0 Å². The predicted octanol–water partition coefficient (Wildman–Crippen LogP) is 4.11. The third-order valence-electron chi connectivity index (χ3n) is 4.79. The molecule has 3 N–H and O–H groups in total. The largest absolute Gasteiger partial charge is 0.370 e. The molecule has 4 rings (SSSR count). The Hall–Kier alpha value is -3.09. The van der Waals surface area contributed by atoms with Crippen LogP contribution >= 0.6 is 11.6 Å². The Kier molecular flexibility index (Phi) is 5.64. The van der Waals surface area contributed by atoms with Crippen LogP contribution in [0.25, 0.3) is 22.2 Å². The van der Waals surface area contributed by atoms with Crippen molar-refractivity contribution in [2.45, 2.75) is 26.1 Å². The van der Waals surface area contributed by atoms with Crippen molar-refractivity contribution in [1.29, 1.82) is 0 Å². The summed E-state index contributed by atoms with van der Waals surface area (Å²) in [7, 11) is 0. The Morgan fingerprint density at radius 2 is 1.93 bits per heavy atom. The Labute approximate surface area is 173 Å². The van der Waals surface area contributed by atoms with Gasteiger partial charge in [0.2, 0.25) is 5.91 Å². The molecule has 2 aromatic heterocycles. The summed E-state index contributed by atoms with van der Waals surface area (Å²) in [5, 5.41) is 9.31. The molecule has 2 heterocycles. The van der Waals surface area contributed by atoms with Gasteiger partial charge in [0.1, 0.15) is 5.69 Å². The van der Waals surface area contributed by atoms with Crippen molar-refractivity contribution in [3.63, 3.8) is 0 Å². The van der Waals surface area contributed by atoms with Crippen LogP contribution in [0.4, 0.5) is 0 Å². The summed E-state index contributed by atoms with van der Waals surface area (Å²) in [6.45, 7) is 1.77. The minimum Gasteiger partial charge on any atom is -0.370 e. The average molecular weight is 409 g/mol. The Morgan fingerprint density at radius 3 is 2.76 bits per heavy atom. The van der Waals surface area contributed by atoms with Crippen LogP contribution in [0.5, 0.6) is 0 Å². The van der Waals surface area contributed by atoms with Gasteiger partial charge < -0.3 is 20.1 Å². The highest BCUT2D eigenvalue weighted by molar-refractivity contribution is 6.33. The molecule has 0 fully saturated rings. The SMILES string of the molecule is NC(=O)CCn1cc(CNCc2cc(-c3ccccc3Cl)no2)c2ccccc21. The van der Waals surface area contributed by atoms with Crippen molar-refractivity contribution in [2.24, 2.45) is 5.73 Å². The summed E-state index contributed by atoms with van der Waals surface area (Å²) in [6.07, 6.45) is 2.38. The quantitative estimate of drug-likeness (QED) is 0.459. The van der Waals surface area contributed by atoms with Crippen LogP contribution in [0.1, 0.15) is 17.7 Å². The Balaban J connectivity index is 1.44. The van der Waals surface area contributed by atoms with Crippen LogP contribution in [-0.4, -0.2) is 15.6 Å². The van der Waals surface area contributed by atoms with Crippen LogP contribution in [-0.2, 0) is 24.4 Å². The molecule has 0 saturated heterocycles. The first kappa shape index (κ1) is 19.2. The first-order valence-corrected chi connectivity index (χ1v) is 9.76. The van der Waals surface area contributed by atoms with E-state index in [4.69, 9.17) is 21.9 Å². The van der Waals surface area contributed by atoms with E-state index in [0.29, 0.717) is 31.1 Å². The number of benzene rings is 2. The Bertz CT molecular complexity index is 1150. The molecule has 0 aliphatic carbocycles. The number of hydrogen-bond acceptors (Lipinski definition) is 4. The van der Waals surface area contributed by atoms with Gasteiger partial charge in [0, 0.05) is 48.2 Å². The number of carbonyl (C=O) groups is 1. The molecule has 1 amide bonds. The maximum absolute atomic E-state index is 11.1. The number of carbonyl (C=O) groups excluding carboxylic acids is 1. The first-order chi connectivity index (χ1) is 14.1. The lowest BCUT2D eigenvalue weighted by Gasteiger charge is -2.02. The lowest BCUT2D eigenvalue weighted by atomic mass is 10.1. The van der Waals surface area contributed by atoms with E-state index >= 15 is 0 Å². The highest BCUT2D eigenvalue weighted by Crippen LogP contribution is 2.27. The van der Waals surface area contributed by atoms with E-state index in [1.54, 1.807) is 0 Å². The van der Waals surface area contributed by atoms with Crippen LogP contribution in [0.3, 0.4) is 0 Å². The monoisotopic (exact) mass is 408 g/mol. The molecular formula is C22H21ClN4O2. The highest BCUT2D eigenvalue weighted by Gasteiger charge is 2.11. The standard InChI is InChI=1S/C22H21ClN4O2/c23-19-7-3-1-6-18(19)20-11-16(29-26-20)13-25-12-15-14-27(10-9-22(24)28)21-8-4-2-5-17(15)21/h1-8,11,14,25H,9-10,12-13H2,(H2,24,28). The van der Waals surface area contributed by atoms with Gasteiger partial charge in [0.05, 0.1) is 11.6 Å². The van der Waals surface area contributed by atoms with Crippen molar-refractivity contribution in [1.82, 2.24) is 15.0 Å². The predicted molar refractivity (Wildman–Crippen MR) is 113 cm³/mol. The number of primary amides is 1. The number of nitrogens with one attached hydrogen (secondary N) is 1. The molecule has 4 aromatic rings. The third-order valence-corrected chi connectivity index (χ3v) is 5.12. The molecule has 29 heavy (non-hydrogen) atoms. The number of para-hydroxylation sites is 1. The van der Waals surface area contributed by atoms with Crippen molar-refractivity contribution < 1.29 is 9.32 Å². The highest BCUT2D eigenvalue weighted by atomic mass is 35.5. The molecule has 0 radical (unpaired) electrons. The number of nitrogens with zero attached hydrogens (tertiary/aromatic N) is 2. The van der Waals surface area contributed by atoms with Gasteiger partial charge in [0.15, 0.2) is 5.76 Å². The van der Waals surface area contributed by atoms with E-state index in [-0.39, 0.29) is 5.91 Å². The summed E-state index contributed by atoms with van der Waals surface area (Å²) in [5.74, 6) is 0.430. The number of hydrogen-bond donors (Lipinski definition) is 2. The number of halogens is 1. The first-order valence-electron chi connectivity index (χ1n) is 9.38. The average Bonchev–Trinajstić information content (AvgIpc) is 3.32. The number of aromatic nitrogens is 2. The lowest BCUT2D eigenvalue weighted by molar-refractivity contribution is -0.118. The fraction of sp³-hybridized carbons (Fsp3) is 0.182. The van der Waals surface area contributed by atoms with Gasteiger partial charge in [-0.2, -0.15) is 0 Å². The summed E-state index contributed by atoms with van der Waals surface area (Å²) in [5.41, 5.74) is 9.10. The number of aryl methyl sites for hydroxylation is 1. The van der Waals surface area contributed by atoms with Crippen LogP contribution in [0.15, 0.2) is 65.3 Å². The fourth-order valence-corrected chi connectivity index (χ4v) is 3.62. The number of fused-ring (bicyclic) bond motifs is 1. The molecular weight excluding hydrogens is 388 g/mol. The van der Waals surface area contributed by atoms with Crippen molar-refractivity contribution in [2.75, 3.05) is 0 Å². The maximum Gasteiger partial charge on any atom is 0.219 e. The normalized spacial score (nSPS) is 11.2. The third kappa shape index (κ3) is 4.34. The van der Waals surface area contributed by atoms with E-state index in [2.05, 4.69) is 27.3 Å². The molecule has 7 heteroatoms. The molecule has 2 aromatic carbocycles. The molecule has 148 valence electrons. The summed E-state index contributed by atoms with van der Waals surface area (Å²) < 4.78 is 7.51. The summed E-state index contributed by atoms with van der Waals surface area (Å²) in [6, 6.07) is 17.6. The zero-order chi connectivity index (χ0) is 20.2. The van der Waals surface area contributed by atoms with Crippen molar-refractivity contribution >= 4 is 28.4 Å². The molecule has 6 nitrogen and oxygen atoms in total. The zero-order valence-corrected chi connectivity index (χ0v) is 16.5. The molecule has 0 aliphatic rings. The van der Waals surface area contributed by atoms with Crippen LogP contribution in [0.2, 0.25) is 5.02 Å². The minimum absolute atomic E-state index is 0.304. The van der Waals surface area contributed by atoms with Gasteiger partial charge in [-0.1, -0.05) is 53.2 Å². The molecule has 0 saturated carbocycles. The fourth-order valence-electron chi connectivity index (χ4n) is 3.39. The molecule has 0 unspecified atom stereocenters. The second-order valence-electron chi connectivity index (χ2n) is 6.84. The van der Waals surface area contributed by atoms with Crippen LogP contribution in [0, 0.1) is 0 Å². The molecule has 0 atom stereocenters. The number of rotatable bonds is 8. The van der Waals surface area contributed by atoms with Crippen molar-refractivity contribution in [3.8, 4) is 11.3 Å². The summed E-state index contributed by atoms with van der Waals surface area (Å²) in [4.78, 5) is 11.1. The summed E-state index contributed by atoms with van der Waals surface area (Å²) >= 11 is 6.23. The van der Waals surface area contributed by atoms with Crippen molar-refractivity contribution in [3.05, 3.63) is 77.1 Å². The van der Waals surface area contributed by atoms with E-state index in [0.717, 1.165) is 33.5 Å². The van der Waals surface area contributed by atoms with E-state index in [1.165, 1.54) is 0 Å². The second-order valence-corrected chi connectivity index (χ2v) is 7.25. The van der Waals surface area contributed by atoms with E-state index in [9.17, 15) is 4.79 Å². The zero-order valence-electron chi connectivity index (χ0n) is 15.8. The van der Waals surface area contributed by atoms with Gasteiger partial charge in [-0.3, -0.25) is 4.79 Å². The smallest absolute Gasteiger partial charge is 0.219 e. The molecule has 0 bridgehead atoms. The molecule has 0 spiro atoms. The van der Waals surface area contributed by atoms with Crippen LogP contribution < -0.4 is 11.1 Å². The lowest BCUT2D eigenvalue weighted by Crippen LogP contribution is -2.14. The number of amides is 1. The second kappa shape index (κ2) is 8.51. The maximum atomic E-state index is 11.1. The number of nitrogens with two attached hydrogens (primary N) is 1. The topological polar surface area (TPSA) is 86.1 Å². The van der Waals surface area contributed by atoms with Gasteiger partial charge in [-0.15, -0.1) is 0 Å². The molecule has 0 aliphatic heterocycles. The van der Waals surface area contributed by atoms with Gasteiger partial charge >= 0.3 is 0 Å². The Morgan fingerprint density at radius 1 is 1.14 bits per heavy atom. The van der Waals surface area contributed by atoms with E-state index in [1.807, 2.05) is 48.5 Å². The van der Waals surface area contributed by atoms with Gasteiger partial charge in [-0.25, -0.2) is 0 Å². The minimum atomic E-state index is -0.304. The van der Waals surface area contributed by atoms with E-state index < -0.39 is 0 Å².